The maximum Gasteiger partial charge on any atom is 0.226 e. The van der Waals surface area contributed by atoms with Gasteiger partial charge >= 0.3 is 0 Å². The van der Waals surface area contributed by atoms with E-state index in [9.17, 15) is 4.79 Å². The number of aliphatic hydroxyl groups excluding tert-OH is 1. The number of anilines is 1. The molecule has 0 spiro atoms. The van der Waals surface area contributed by atoms with E-state index in [-0.39, 0.29) is 12.5 Å². The van der Waals surface area contributed by atoms with Crippen molar-refractivity contribution in [3.05, 3.63) is 24.3 Å². The summed E-state index contributed by atoms with van der Waals surface area (Å²) >= 11 is 1.45. The average Bonchev–Trinajstić information content (AvgIpc) is 2.68. The third-order valence-electron chi connectivity index (χ3n) is 2.10. The molecule has 4 nitrogen and oxygen atoms in total. The summed E-state index contributed by atoms with van der Waals surface area (Å²) in [5.74, 6) is -0.104. The van der Waals surface area contributed by atoms with Gasteiger partial charge in [-0.3, -0.25) is 4.79 Å². The Balaban J connectivity index is 2.07. The molecule has 1 heterocycles. The van der Waals surface area contributed by atoms with Crippen LogP contribution in [0.4, 0.5) is 5.13 Å². The fraction of sp³-hybridized carbons (Fsp3) is 0.273. The van der Waals surface area contributed by atoms with Gasteiger partial charge < -0.3 is 10.4 Å². The number of thiazole rings is 1. The van der Waals surface area contributed by atoms with Gasteiger partial charge in [-0.05, 0) is 18.6 Å². The topological polar surface area (TPSA) is 62.2 Å². The first-order chi connectivity index (χ1) is 7.79. The number of amides is 1. The Labute approximate surface area is 96.9 Å². The van der Waals surface area contributed by atoms with Gasteiger partial charge in [0.05, 0.1) is 10.2 Å². The minimum atomic E-state index is -0.104. The lowest BCUT2D eigenvalue weighted by atomic mass is 10.3. The standard InChI is InChI=1S/C11H12N2O2S/c14-7-3-6-10(15)13-11-12-8-4-1-2-5-9(8)16-11/h1-2,4-5,14H,3,6-7H2,(H,12,13,15). The third kappa shape index (κ3) is 2.56. The molecule has 0 radical (unpaired) electrons. The number of nitrogens with one attached hydrogen (secondary N) is 1. The Morgan fingerprint density at radius 2 is 2.25 bits per heavy atom. The quantitative estimate of drug-likeness (QED) is 0.853. The molecule has 0 saturated heterocycles. The van der Waals surface area contributed by atoms with Crippen molar-refractivity contribution >= 4 is 32.6 Å². The number of aromatic nitrogens is 1. The zero-order valence-electron chi connectivity index (χ0n) is 8.64. The first-order valence-corrected chi connectivity index (χ1v) is 5.87. The number of nitrogens with zero attached hydrogens (tertiary/aromatic N) is 1. The van der Waals surface area contributed by atoms with Crippen molar-refractivity contribution in [2.45, 2.75) is 12.8 Å². The zero-order chi connectivity index (χ0) is 11.4. The number of para-hydroxylation sites is 1. The third-order valence-corrected chi connectivity index (χ3v) is 3.05. The number of hydrogen-bond acceptors (Lipinski definition) is 4. The van der Waals surface area contributed by atoms with Gasteiger partial charge in [-0.15, -0.1) is 0 Å². The van der Waals surface area contributed by atoms with Crippen LogP contribution in [0.5, 0.6) is 0 Å². The predicted molar refractivity (Wildman–Crippen MR) is 64.6 cm³/mol. The fourth-order valence-corrected chi connectivity index (χ4v) is 2.23. The molecule has 0 atom stereocenters. The van der Waals surface area contributed by atoms with Crippen molar-refractivity contribution in [2.24, 2.45) is 0 Å². The summed E-state index contributed by atoms with van der Waals surface area (Å²) in [5.41, 5.74) is 0.893. The number of rotatable bonds is 4. The predicted octanol–water partition coefficient (Wildman–Crippen LogP) is 2.01. The van der Waals surface area contributed by atoms with Crippen molar-refractivity contribution in [3.8, 4) is 0 Å². The summed E-state index contributed by atoms with van der Waals surface area (Å²) in [6.45, 7) is 0.0350. The number of carbonyl (C=O) groups is 1. The molecule has 2 N–H and O–H groups in total. The molecule has 0 fully saturated rings. The molecule has 0 saturated carbocycles. The second-order valence-corrected chi connectivity index (χ2v) is 4.39. The molecule has 84 valence electrons. The molecule has 1 amide bonds. The van der Waals surface area contributed by atoms with E-state index in [1.54, 1.807) is 0 Å². The lowest BCUT2D eigenvalue weighted by molar-refractivity contribution is -0.116. The lowest BCUT2D eigenvalue weighted by Gasteiger charge is -1.98. The zero-order valence-corrected chi connectivity index (χ0v) is 9.46. The molecule has 1 aromatic carbocycles. The van der Waals surface area contributed by atoms with Crippen molar-refractivity contribution in [3.63, 3.8) is 0 Å². The van der Waals surface area contributed by atoms with Gasteiger partial charge in [-0.25, -0.2) is 4.98 Å². The molecule has 0 aliphatic rings. The minimum Gasteiger partial charge on any atom is -0.396 e. The van der Waals surface area contributed by atoms with E-state index in [4.69, 9.17) is 5.11 Å². The van der Waals surface area contributed by atoms with Gasteiger partial charge in [-0.2, -0.15) is 0 Å². The van der Waals surface area contributed by atoms with Crippen LogP contribution in [0.2, 0.25) is 0 Å². The van der Waals surface area contributed by atoms with E-state index in [0.717, 1.165) is 10.2 Å². The van der Waals surface area contributed by atoms with E-state index in [1.807, 2.05) is 24.3 Å². The van der Waals surface area contributed by atoms with Gasteiger partial charge in [0.25, 0.3) is 0 Å². The lowest BCUT2D eigenvalue weighted by Crippen LogP contribution is -2.11. The summed E-state index contributed by atoms with van der Waals surface area (Å²) < 4.78 is 1.06. The summed E-state index contributed by atoms with van der Waals surface area (Å²) in [6, 6.07) is 7.74. The SMILES string of the molecule is O=C(CCCO)Nc1nc2ccccc2s1. The highest BCUT2D eigenvalue weighted by Gasteiger charge is 2.06. The van der Waals surface area contributed by atoms with Crippen LogP contribution in [0.15, 0.2) is 24.3 Å². The monoisotopic (exact) mass is 236 g/mol. The van der Waals surface area contributed by atoms with Crippen LogP contribution in [0.3, 0.4) is 0 Å². The van der Waals surface area contributed by atoms with Gasteiger partial charge in [-0.1, -0.05) is 23.5 Å². The van der Waals surface area contributed by atoms with Gasteiger partial charge in [0.1, 0.15) is 0 Å². The summed E-state index contributed by atoms with van der Waals surface area (Å²) in [7, 11) is 0. The number of fused-ring (bicyclic) bond motifs is 1. The Bertz CT molecular complexity index is 462. The second-order valence-electron chi connectivity index (χ2n) is 3.36. The summed E-state index contributed by atoms with van der Waals surface area (Å²) in [5, 5.41) is 11.9. The van der Waals surface area contributed by atoms with Gasteiger partial charge in [0, 0.05) is 13.0 Å². The second kappa shape index (κ2) is 5.05. The Morgan fingerprint density at radius 1 is 1.44 bits per heavy atom. The first-order valence-electron chi connectivity index (χ1n) is 5.06. The number of carbonyl (C=O) groups excluding carboxylic acids is 1. The number of benzene rings is 1. The highest BCUT2D eigenvalue weighted by atomic mass is 32.1. The van der Waals surface area contributed by atoms with E-state index < -0.39 is 0 Å². The summed E-state index contributed by atoms with van der Waals surface area (Å²) in [4.78, 5) is 15.7. The maximum atomic E-state index is 11.4. The fourth-order valence-electron chi connectivity index (χ4n) is 1.35. The Morgan fingerprint density at radius 3 is 3.00 bits per heavy atom. The van der Waals surface area contributed by atoms with Gasteiger partial charge in [0.2, 0.25) is 5.91 Å². The molecule has 1 aromatic heterocycles. The van der Waals surface area contributed by atoms with Crippen molar-refractivity contribution < 1.29 is 9.90 Å². The van der Waals surface area contributed by atoms with Crippen LogP contribution in [-0.2, 0) is 4.79 Å². The van der Waals surface area contributed by atoms with Crippen molar-refractivity contribution in [2.75, 3.05) is 11.9 Å². The normalized spacial score (nSPS) is 10.6. The van der Waals surface area contributed by atoms with Crippen LogP contribution in [0, 0.1) is 0 Å². The molecular weight excluding hydrogens is 224 g/mol. The van der Waals surface area contributed by atoms with E-state index in [2.05, 4.69) is 10.3 Å². The molecule has 0 unspecified atom stereocenters. The molecular formula is C11H12N2O2S. The molecule has 0 aliphatic carbocycles. The molecule has 5 heteroatoms. The highest BCUT2D eigenvalue weighted by Crippen LogP contribution is 2.25. The van der Waals surface area contributed by atoms with E-state index in [1.165, 1.54) is 11.3 Å². The molecule has 2 rings (SSSR count). The Hall–Kier alpha value is -1.46. The van der Waals surface area contributed by atoms with Crippen LogP contribution in [-0.4, -0.2) is 22.6 Å². The summed E-state index contributed by atoms with van der Waals surface area (Å²) in [6.07, 6.45) is 0.809. The van der Waals surface area contributed by atoms with Crippen LogP contribution >= 0.6 is 11.3 Å². The average molecular weight is 236 g/mol. The largest absolute Gasteiger partial charge is 0.396 e. The van der Waals surface area contributed by atoms with E-state index in [0.29, 0.717) is 18.0 Å². The Kier molecular flexibility index (Phi) is 3.48. The van der Waals surface area contributed by atoms with Crippen molar-refractivity contribution in [1.29, 1.82) is 0 Å². The maximum absolute atomic E-state index is 11.4. The molecule has 2 aromatic rings. The van der Waals surface area contributed by atoms with Crippen LogP contribution < -0.4 is 5.32 Å². The number of aliphatic hydroxyl groups is 1. The molecule has 16 heavy (non-hydrogen) atoms. The van der Waals surface area contributed by atoms with Crippen LogP contribution in [0.1, 0.15) is 12.8 Å². The van der Waals surface area contributed by atoms with E-state index >= 15 is 0 Å². The smallest absolute Gasteiger partial charge is 0.226 e. The molecule has 0 aliphatic heterocycles. The van der Waals surface area contributed by atoms with Crippen molar-refractivity contribution in [1.82, 2.24) is 4.98 Å². The van der Waals surface area contributed by atoms with Crippen LogP contribution in [0.25, 0.3) is 10.2 Å². The minimum absolute atomic E-state index is 0.0350. The molecule has 0 bridgehead atoms. The number of hydrogen-bond donors (Lipinski definition) is 2. The highest BCUT2D eigenvalue weighted by molar-refractivity contribution is 7.22. The first kappa shape index (κ1) is 11.0. The van der Waals surface area contributed by atoms with Gasteiger partial charge in [0.15, 0.2) is 5.13 Å².